The Morgan fingerprint density at radius 3 is 2.38 bits per heavy atom. The fraction of sp³-hybridized carbons (Fsp3) is 0.667. The van der Waals surface area contributed by atoms with Crippen molar-refractivity contribution >= 4 is 0 Å². The van der Waals surface area contributed by atoms with Gasteiger partial charge >= 0.3 is 0 Å². The van der Waals surface area contributed by atoms with E-state index in [9.17, 15) is 0 Å². The highest BCUT2D eigenvalue weighted by molar-refractivity contribution is 5.24. The zero-order chi connectivity index (χ0) is 15.4. The van der Waals surface area contributed by atoms with Crippen molar-refractivity contribution in [3.05, 3.63) is 35.4 Å². The molecule has 2 unspecified atom stereocenters. The van der Waals surface area contributed by atoms with Crippen LogP contribution in [0.3, 0.4) is 0 Å². The Morgan fingerprint density at radius 1 is 1.24 bits per heavy atom. The van der Waals surface area contributed by atoms with Crippen molar-refractivity contribution in [1.29, 1.82) is 0 Å². The minimum atomic E-state index is 0.0851. The molecule has 1 aliphatic rings. The largest absolute Gasteiger partial charge is 0.323 e. The Kier molecular flexibility index (Phi) is 5.80. The lowest BCUT2D eigenvalue weighted by Gasteiger charge is -2.36. The van der Waals surface area contributed by atoms with Crippen LogP contribution in [0, 0.1) is 12.8 Å². The molecule has 2 atom stereocenters. The summed E-state index contributed by atoms with van der Waals surface area (Å²) in [6.45, 7) is 7.99. The van der Waals surface area contributed by atoms with Crippen LogP contribution >= 0.6 is 0 Å². The van der Waals surface area contributed by atoms with Crippen LogP contribution in [0.1, 0.15) is 36.9 Å². The van der Waals surface area contributed by atoms with Crippen LogP contribution < -0.4 is 5.73 Å². The molecule has 3 heteroatoms. The Balaban J connectivity index is 1.89. The zero-order valence-electron chi connectivity index (χ0n) is 14.0. The fourth-order valence-electron chi connectivity index (χ4n) is 3.16. The molecule has 0 spiro atoms. The molecule has 1 aromatic rings. The first kappa shape index (κ1) is 16.5. The third-order valence-corrected chi connectivity index (χ3v) is 5.06. The van der Waals surface area contributed by atoms with Crippen molar-refractivity contribution in [2.24, 2.45) is 11.7 Å². The average Bonchev–Trinajstić information content (AvgIpc) is 2.49. The molecule has 0 aromatic heterocycles. The number of nitrogens with two attached hydrogens (primary N) is 1. The van der Waals surface area contributed by atoms with Gasteiger partial charge in [-0.05, 0) is 65.4 Å². The number of likely N-dealkylation sites (tertiary alicyclic amines) is 1. The number of rotatable bonds is 5. The van der Waals surface area contributed by atoms with Crippen molar-refractivity contribution in [2.45, 2.75) is 38.8 Å². The predicted octanol–water partition coefficient (Wildman–Crippen LogP) is 2.66. The molecule has 21 heavy (non-hydrogen) atoms. The van der Waals surface area contributed by atoms with Gasteiger partial charge in [0, 0.05) is 18.6 Å². The Hall–Kier alpha value is -0.900. The highest BCUT2D eigenvalue weighted by atomic mass is 15.2. The number of piperidine rings is 1. The minimum Gasteiger partial charge on any atom is -0.323 e. The second kappa shape index (κ2) is 7.39. The highest BCUT2D eigenvalue weighted by Crippen LogP contribution is 2.22. The van der Waals surface area contributed by atoms with E-state index >= 15 is 0 Å². The van der Waals surface area contributed by atoms with Gasteiger partial charge in [-0.25, -0.2) is 0 Å². The van der Waals surface area contributed by atoms with Crippen LogP contribution in [0.15, 0.2) is 24.3 Å². The van der Waals surface area contributed by atoms with E-state index in [2.05, 4.69) is 62.0 Å². The maximum Gasteiger partial charge on any atom is 0.0450 e. The Morgan fingerprint density at radius 2 is 1.81 bits per heavy atom. The first-order chi connectivity index (χ1) is 9.97. The summed E-state index contributed by atoms with van der Waals surface area (Å²) >= 11 is 0. The summed E-state index contributed by atoms with van der Waals surface area (Å²) < 4.78 is 0. The summed E-state index contributed by atoms with van der Waals surface area (Å²) in [4.78, 5) is 4.87. The molecule has 2 N–H and O–H groups in total. The lowest BCUT2D eigenvalue weighted by atomic mass is 9.94. The number of nitrogens with zero attached hydrogens (tertiary/aromatic N) is 2. The smallest absolute Gasteiger partial charge is 0.0450 e. The summed E-state index contributed by atoms with van der Waals surface area (Å²) in [5, 5.41) is 0. The molecule has 0 aliphatic carbocycles. The second-order valence-electron chi connectivity index (χ2n) is 6.86. The molecule has 0 amide bonds. The van der Waals surface area contributed by atoms with E-state index in [1.807, 2.05) is 0 Å². The van der Waals surface area contributed by atoms with Crippen LogP contribution in [0.4, 0.5) is 0 Å². The molecule has 3 nitrogen and oxygen atoms in total. The number of hydrogen-bond donors (Lipinski definition) is 1. The van der Waals surface area contributed by atoms with E-state index in [0.29, 0.717) is 6.04 Å². The van der Waals surface area contributed by atoms with Gasteiger partial charge in [-0.1, -0.05) is 29.8 Å². The number of hydrogen-bond acceptors (Lipinski definition) is 3. The zero-order valence-corrected chi connectivity index (χ0v) is 14.0. The SMILES string of the molecule is Cc1ccc(C(N)C(C)N(C)CC2CCN(C)CC2)cc1. The lowest BCUT2D eigenvalue weighted by Crippen LogP contribution is -2.43. The van der Waals surface area contributed by atoms with E-state index in [-0.39, 0.29) is 6.04 Å². The van der Waals surface area contributed by atoms with E-state index in [4.69, 9.17) is 5.73 Å². The second-order valence-corrected chi connectivity index (χ2v) is 6.86. The topological polar surface area (TPSA) is 32.5 Å². The monoisotopic (exact) mass is 289 g/mol. The predicted molar refractivity (Wildman–Crippen MR) is 90.4 cm³/mol. The van der Waals surface area contributed by atoms with Gasteiger partial charge in [0.2, 0.25) is 0 Å². The van der Waals surface area contributed by atoms with Gasteiger partial charge in [0.1, 0.15) is 0 Å². The van der Waals surface area contributed by atoms with Crippen LogP contribution in [0.5, 0.6) is 0 Å². The van der Waals surface area contributed by atoms with Gasteiger partial charge in [0.25, 0.3) is 0 Å². The third kappa shape index (κ3) is 4.53. The molecule has 0 saturated carbocycles. The van der Waals surface area contributed by atoms with Crippen LogP contribution in [0.2, 0.25) is 0 Å². The van der Waals surface area contributed by atoms with Crippen LogP contribution in [-0.4, -0.2) is 49.6 Å². The molecule has 1 saturated heterocycles. The summed E-state index contributed by atoms with van der Waals surface area (Å²) in [5.41, 5.74) is 9.00. The molecule has 1 aromatic carbocycles. The van der Waals surface area contributed by atoms with Gasteiger partial charge in [-0.3, -0.25) is 0 Å². The van der Waals surface area contributed by atoms with Crippen molar-refractivity contribution in [3.8, 4) is 0 Å². The number of likely N-dealkylation sites (N-methyl/N-ethyl adjacent to an activating group) is 1. The van der Waals surface area contributed by atoms with Crippen molar-refractivity contribution < 1.29 is 0 Å². The summed E-state index contributed by atoms with van der Waals surface area (Å²) in [5.74, 6) is 0.818. The molecule has 1 heterocycles. The van der Waals surface area contributed by atoms with E-state index in [0.717, 1.165) is 12.5 Å². The maximum absolute atomic E-state index is 6.47. The van der Waals surface area contributed by atoms with Gasteiger partial charge in [0.15, 0.2) is 0 Å². The summed E-state index contributed by atoms with van der Waals surface area (Å²) in [7, 11) is 4.44. The number of aryl methyl sites for hydroxylation is 1. The van der Waals surface area contributed by atoms with Crippen molar-refractivity contribution in [1.82, 2.24) is 9.80 Å². The molecule has 1 aliphatic heterocycles. The summed E-state index contributed by atoms with van der Waals surface area (Å²) in [6, 6.07) is 9.09. The van der Waals surface area contributed by atoms with E-state index in [1.165, 1.54) is 37.1 Å². The molecule has 0 bridgehead atoms. The van der Waals surface area contributed by atoms with E-state index in [1.54, 1.807) is 0 Å². The number of benzene rings is 1. The van der Waals surface area contributed by atoms with Gasteiger partial charge < -0.3 is 15.5 Å². The third-order valence-electron chi connectivity index (χ3n) is 5.06. The van der Waals surface area contributed by atoms with Gasteiger partial charge in [-0.2, -0.15) is 0 Å². The lowest BCUT2D eigenvalue weighted by molar-refractivity contribution is 0.144. The Bertz CT molecular complexity index is 421. The molecular formula is C18H31N3. The van der Waals surface area contributed by atoms with Crippen molar-refractivity contribution in [2.75, 3.05) is 33.7 Å². The quantitative estimate of drug-likeness (QED) is 0.904. The normalized spacial score (nSPS) is 20.7. The first-order valence-corrected chi connectivity index (χ1v) is 8.18. The van der Waals surface area contributed by atoms with E-state index < -0.39 is 0 Å². The van der Waals surface area contributed by atoms with Crippen LogP contribution in [0.25, 0.3) is 0 Å². The molecule has 2 rings (SSSR count). The summed E-state index contributed by atoms with van der Waals surface area (Å²) in [6.07, 6.45) is 2.63. The molecule has 1 fully saturated rings. The van der Waals surface area contributed by atoms with Gasteiger partial charge in [-0.15, -0.1) is 0 Å². The fourth-order valence-corrected chi connectivity index (χ4v) is 3.16. The van der Waals surface area contributed by atoms with Crippen molar-refractivity contribution in [3.63, 3.8) is 0 Å². The standard InChI is InChI=1S/C18H31N3/c1-14-5-7-17(8-6-14)18(19)15(2)21(4)13-16-9-11-20(3)12-10-16/h5-8,15-16,18H,9-13,19H2,1-4H3. The molecular weight excluding hydrogens is 258 g/mol. The minimum absolute atomic E-state index is 0.0851. The maximum atomic E-state index is 6.47. The first-order valence-electron chi connectivity index (χ1n) is 8.18. The Labute approximate surface area is 130 Å². The van der Waals surface area contributed by atoms with Gasteiger partial charge in [0.05, 0.1) is 0 Å². The molecule has 0 radical (unpaired) electrons. The van der Waals surface area contributed by atoms with Crippen LogP contribution in [-0.2, 0) is 0 Å². The highest BCUT2D eigenvalue weighted by Gasteiger charge is 2.23. The average molecular weight is 289 g/mol. The molecule has 118 valence electrons.